The van der Waals surface area contributed by atoms with Gasteiger partial charge in [0.25, 0.3) is 0 Å². The Morgan fingerprint density at radius 1 is 1.19 bits per heavy atom. The molecule has 1 aromatic rings. The molecule has 0 spiro atoms. The topological polar surface area (TPSA) is 45.2 Å². The largest absolute Gasteiger partial charge is 0.336 e. The van der Waals surface area contributed by atoms with Crippen LogP contribution in [0.5, 0.6) is 0 Å². The zero-order chi connectivity index (χ0) is 22.4. The normalized spacial score (nSPS) is 29.5. The van der Waals surface area contributed by atoms with E-state index in [2.05, 4.69) is 41.2 Å². The van der Waals surface area contributed by atoms with E-state index in [0.29, 0.717) is 5.41 Å². The van der Waals surface area contributed by atoms with Crippen LogP contribution >= 0.6 is 0 Å². The number of hydrogen-bond donors (Lipinski definition) is 1. The maximum atomic E-state index is 13.3. The van der Waals surface area contributed by atoms with Crippen LogP contribution in [0.25, 0.3) is 0 Å². The van der Waals surface area contributed by atoms with E-state index in [1.807, 2.05) is 12.4 Å². The average molecular weight is 440 g/mol. The van der Waals surface area contributed by atoms with Crippen molar-refractivity contribution in [2.24, 2.45) is 23.2 Å². The predicted molar refractivity (Wildman–Crippen MR) is 131 cm³/mol. The van der Waals surface area contributed by atoms with E-state index < -0.39 is 0 Å². The molecule has 0 saturated heterocycles. The van der Waals surface area contributed by atoms with Gasteiger partial charge in [0, 0.05) is 31.5 Å². The number of carbonyl (C=O) groups excluding carboxylic acids is 1. The third-order valence-corrected chi connectivity index (χ3v) is 8.93. The molecule has 3 aliphatic carbocycles. The first-order valence-corrected chi connectivity index (χ1v) is 13.5. The molecule has 4 nitrogen and oxygen atoms in total. The van der Waals surface area contributed by atoms with Crippen LogP contribution in [0.1, 0.15) is 96.5 Å². The number of hydrogen-bond acceptors (Lipinski definition) is 2. The Balaban J connectivity index is 1.32. The molecule has 32 heavy (non-hydrogen) atoms. The van der Waals surface area contributed by atoms with Gasteiger partial charge >= 0.3 is 6.03 Å². The number of nitrogens with one attached hydrogen (secondary N) is 1. The van der Waals surface area contributed by atoms with E-state index in [1.165, 1.54) is 69.8 Å². The SMILES string of the molecule is CCCCCN(CCC12CCCC3CC(CC1C3)C2)C(=O)NC(C)CCc1ccncc1. The lowest BCUT2D eigenvalue weighted by molar-refractivity contribution is 0.133. The van der Waals surface area contributed by atoms with Gasteiger partial charge in [0.2, 0.25) is 0 Å². The average Bonchev–Trinajstić information content (AvgIpc) is 2.96. The summed E-state index contributed by atoms with van der Waals surface area (Å²) in [6, 6.07) is 4.49. The molecule has 4 heteroatoms. The molecule has 178 valence electrons. The summed E-state index contributed by atoms with van der Waals surface area (Å²) in [5, 5.41) is 3.32. The van der Waals surface area contributed by atoms with Crippen LogP contribution in [0.2, 0.25) is 0 Å². The van der Waals surface area contributed by atoms with Crippen LogP contribution in [0.15, 0.2) is 24.5 Å². The molecule has 3 fully saturated rings. The van der Waals surface area contributed by atoms with E-state index in [9.17, 15) is 4.79 Å². The molecular weight excluding hydrogens is 394 g/mol. The highest BCUT2D eigenvalue weighted by atomic mass is 16.2. The van der Waals surface area contributed by atoms with Crippen LogP contribution < -0.4 is 5.32 Å². The maximum Gasteiger partial charge on any atom is 0.317 e. The van der Waals surface area contributed by atoms with Crippen molar-refractivity contribution in [2.75, 3.05) is 13.1 Å². The van der Waals surface area contributed by atoms with E-state index in [0.717, 1.165) is 50.1 Å². The minimum absolute atomic E-state index is 0.159. The summed E-state index contributed by atoms with van der Waals surface area (Å²) in [5.74, 6) is 2.93. The van der Waals surface area contributed by atoms with Gasteiger partial charge in [-0.05, 0) is 106 Å². The highest BCUT2D eigenvalue weighted by Gasteiger charge is 2.51. The van der Waals surface area contributed by atoms with Crippen molar-refractivity contribution in [3.05, 3.63) is 30.1 Å². The number of urea groups is 1. The summed E-state index contributed by atoms with van der Waals surface area (Å²) in [7, 11) is 0. The molecule has 3 bridgehead atoms. The molecule has 0 radical (unpaired) electrons. The Bertz CT molecular complexity index is 723. The van der Waals surface area contributed by atoms with E-state index >= 15 is 0 Å². The number of nitrogens with zero attached hydrogens (tertiary/aromatic N) is 2. The molecule has 3 aliphatic rings. The number of unbranched alkanes of at least 4 members (excludes halogenated alkanes) is 2. The fourth-order valence-electron chi connectivity index (χ4n) is 7.22. The quantitative estimate of drug-likeness (QED) is 0.395. The van der Waals surface area contributed by atoms with Gasteiger partial charge in [0.1, 0.15) is 0 Å². The van der Waals surface area contributed by atoms with E-state index in [1.54, 1.807) is 0 Å². The Kier molecular flexibility index (Phi) is 8.12. The second kappa shape index (κ2) is 11.0. The summed E-state index contributed by atoms with van der Waals surface area (Å²) >= 11 is 0. The highest BCUT2D eigenvalue weighted by molar-refractivity contribution is 5.74. The first-order valence-electron chi connectivity index (χ1n) is 13.5. The van der Waals surface area contributed by atoms with Crippen molar-refractivity contribution < 1.29 is 4.79 Å². The third-order valence-electron chi connectivity index (χ3n) is 8.93. The lowest BCUT2D eigenvalue weighted by Crippen LogP contribution is -2.46. The molecule has 5 atom stereocenters. The number of pyridine rings is 1. The van der Waals surface area contributed by atoms with Gasteiger partial charge < -0.3 is 10.2 Å². The minimum Gasteiger partial charge on any atom is -0.336 e. The van der Waals surface area contributed by atoms with Crippen molar-refractivity contribution >= 4 is 6.03 Å². The monoisotopic (exact) mass is 439 g/mol. The number of aryl methyl sites for hydroxylation is 1. The number of amides is 2. The fraction of sp³-hybridized carbons (Fsp3) is 0.786. The Hall–Kier alpha value is -1.58. The summed E-state index contributed by atoms with van der Waals surface area (Å²) < 4.78 is 0. The van der Waals surface area contributed by atoms with Gasteiger partial charge in [0.05, 0.1) is 0 Å². The first-order chi connectivity index (χ1) is 15.6. The van der Waals surface area contributed by atoms with Crippen molar-refractivity contribution in [1.82, 2.24) is 15.2 Å². The zero-order valence-electron chi connectivity index (χ0n) is 20.5. The molecule has 1 aromatic heterocycles. The summed E-state index contributed by atoms with van der Waals surface area (Å²) in [6.45, 7) is 6.24. The fourth-order valence-corrected chi connectivity index (χ4v) is 7.22. The highest BCUT2D eigenvalue weighted by Crippen LogP contribution is 2.61. The van der Waals surface area contributed by atoms with Crippen molar-refractivity contribution in [3.8, 4) is 0 Å². The summed E-state index contributed by atoms with van der Waals surface area (Å²) in [4.78, 5) is 19.5. The number of carbonyl (C=O) groups is 1. The minimum atomic E-state index is 0.159. The van der Waals surface area contributed by atoms with Gasteiger partial charge in [-0.1, -0.05) is 32.6 Å². The van der Waals surface area contributed by atoms with Crippen LogP contribution in [0.4, 0.5) is 4.79 Å². The molecule has 5 unspecified atom stereocenters. The molecular formula is C28H45N3O. The smallest absolute Gasteiger partial charge is 0.317 e. The van der Waals surface area contributed by atoms with E-state index in [4.69, 9.17) is 0 Å². The second-order valence-corrected chi connectivity index (χ2v) is 11.3. The Morgan fingerprint density at radius 3 is 2.81 bits per heavy atom. The predicted octanol–water partition coefficient (Wildman–Crippen LogP) is 6.60. The molecule has 4 rings (SSSR count). The first kappa shape index (κ1) is 23.6. The molecule has 1 heterocycles. The van der Waals surface area contributed by atoms with Gasteiger partial charge in [-0.2, -0.15) is 0 Å². The van der Waals surface area contributed by atoms with Crippen molar-refractivity contribution in [2.45, 2.75) is 103 Å². The summed E-state index contributed by atoms with van der Waals surface area (Å²) in [6.07, 6.45) is 20.6. The van der Waals surface area contributed by atoms with E-state index in [-0.39, 0.29) is 12.1 Å². The van der Waals surface area contributed by atoms with Gasteiger partial charge in [-0.15, -0.1) is 0 Å². The number of rotatable bonds is 11. The molecule has 0 aliphatic heterocycles. The maximum absolute atomic E-state index is 13.3. The van der Waals surface area contributed by atoms with Gasteiger partial charge in [-0.3, -0.25) is 4.98 Å². The Morgan fingerprint density at radius 2 is 2.00 bits per heavy atom. The number of aromatic nitrogens is 1. The molecule has 3 saturated carbocycles. The molecule has 1 N–H and O–H groups in total. The summed E-state index contributed by atoms with van der Waals surface area (Å²) in [5.41, 5.74) is 1.82. The van der Waals surface area contributed by atoms with Gasteiger partial charge in [-0.25, -0.2) is 4.79 Å². The third kappa shape index (κ3) is 5.85. The zero-order valence-corrected chi connectivity index (χ0v) is 20.5. The van der Waals surface area contributed by atoms with Crippen molar-refractivity contribution in [3.63, 3.8) is 0 Å². The number of fused-ring (bicyclic) bond motifs is 2. The second-order valence-electron chi connectivity index (χ2n) is 11.3. The van der Waals surface area contributed by atoms with Crippen molar-refractivity contribution in [1.29, 1.82) is 0 Å². The lowest BCUT2D eigenvalue weighted by atomic mass is 9.71. The Labute approximate surface area is 195 Å². The standard InChI is InChI=1S/C28H45N3O/c1-3-4-5-16-31(27(32)30-22(2)8-9-23-10-14-29-15-11-23)17-13-28-12-6-7-24-18-25(21-28)20-26(28)19-24/h10-11,14-15,22,24-26H,3-9,12-13,16-21H2,1-2H3,(H,30,32). The van der Waals surface area contributed by atoms with Crippen LogP contribution in [-0.4, -0.2) is 35.0 Å². The molecule has 2 amide bonds. The van der Waals surface area contributed by atoms with Crippen LogP contribution in [-0.2, 0) is 6.42 Å². The van der Waals surface area contributed by atoms with Crippen LogP contribution in [0.3, 0.4) is 0 Å². The molecule has 0 aromatic carbocycles. The lowest BCUT2D eigenvalue weighted by Gasteiger charge is -2.37. The van der Waals surface area contributed by atoms with Gasteiger partial charge in [0.15, 0.2) is 0 Å². The van der Waals surface area contributed by atoms with Crippen LogP contribution in [0, 0.1) is 23.2 Å².